The zero-order valence-corrected chi connectivity index (χ0v) is 15.2. The standard InChI is InChI=1S/C20H18FNO4S/c21-14-7-2-1-6-13(14)17-16(18(23)15-8-4-10-27-15)19(24)20(25)22(17)11-12-5-3-9-26-12/h1-2,4,6-8,10,12,17,24H,3,5,9,11H2. The van der Waals surface area contributed by atoms with E-state index in [9.17, 15) is 19.1 Å². The summed E-state index contributed by atoms with van der Waals surface area (Å²) in [5.74, 6) is -2.27. The predicted molar refractivity (Wildman–Crippen MR) is 98.1 cm³/mol. The lowest BCUT2D eigenvalue weighted by atomic mass is 9.95. The number of aliphatic hydroxyl groups excluding tert-OH is 1. The number of aliphatic hydroxyl groups is 1. The molecule has 1 fully saturated rings. The summed E-state index contributed by atoms with van der Waals surface area (Å²) in [6, 6.07) is 8.38. The number of rotatable bonds is 5. The van der Waals surface area contributed by atoms with Gasteiger partial charge in [0.15, 0.2) is 5.76 Å². The van der Waals surface area contributed by atoms with Crippen LogP contribution < -0.4 is 0 Å². The largest absolute Gasteiger partial charge is 0.503 e. The number of halogens is 1. The maximum Gasteiger partial charge on any atom is 0.290 e. The smallest absolute Gasteiger partial charge is 0.290 e. The van der Waals surface area contributed by atoms with Gasteiger partial charge in [0.1, 0.15) is 5.82 Å². The molecule has 1 aromatic carbocycles. The maximum atomic E-state index is 14.6. The molecule has 1 saturated heterocycles. The Labute approximate surface area is 159 Å². The van der Waals surface area contributed by atoms with E-state index in [2.05, 4.69) is 0 Å². The van der Waals surface area contributed by atoms with Gasteiger partial charge >= 0.3 is 0 Å². The zero-order chi connectivity index (χ0) is 19.0. The van der Waals surface area contributed by atoms with E-state index in [4.69, 9.17) is 4.74 Å². The van der Waals surface area contributed by atoms with Crippen LogP contribution in [0.2, 0.25) is 0 Å². The molecule has 0 spiro atoms. The number of amides is 1. The number of hydrogen-bond acceptors (Lipinski definition) is 5. The molecule has 5 nitrogen and oxygen atoms in total. The van der Waals surface area contributed by atoms with E-state index >= 15 is 0 Å². The maximum absolute atomic E-state index is 14.6. The second-order valence-corrected chi connectivity index (χ2v) is 7.53. The van der Waals surface area contributed by atoms with Gasteiger partial charge in [-0.15, -0.1) is 11.3 Å². The van der Waals surface area contributed by atoms with Gasteiger partial charge in [-0.3, -0.25) is 9.59 Å². The Morgan fingerprint density at radius 2 is 2.11 bits per heavy atom. The van der Waals surface area contributed by atoms with Crippen molar-refractivity contribution in [3.05, 3.63) is 69.4 Å². The number of ketones is 1. The van der Waals surface area contributed by atoms with E-state index in [1.165, 1.54) is 28.4 Å². The molecule has 27 heavy (non-hydrogen) atoms. The third kappa shape index (κ3) is 3.17. The highest BCUT2D eigenvalue weighted by molar-refractivity contribution is 7.12. The van der Waals surface area contributed by atoms with Gasteiger partial charge in [0.25, 0.3) is 5.91 Å². The summed E-state index contributed by atoms with van der Waals surface area (Å²) in [6.07, 6.45) is 1.48. The van der Waals surface area contributed by atoms with E-state index in [0.717, 1.165) is 12.8 Å². The lowest BCUT2D eigenvalue weighted by Gasteiger charge is -2.29. The quantitative estimate of drug-likeness (QED) is 0.796. The molecule has 2 aliphatic rings. The van der Waals surface area contributed by atoms with Crippen LogP contribution in [0, 0.1) is 5.82 Å². The van der Waals surface area contributed by atoms with Crippen LogP contribution in [0.25, 0.3) is 0 Å². The molecule has 2 unspecified atom stereocenters. The van der Waals surface area contributed by atoms with Crippen molar-refractivity contribution < 1.29 is 23.8 Å². The number of nitrogens with zero attached hydrogens (tertiary/aromatic N) is 1. The number of carbonyl (C=O) groups is 2. The van der Waals surface area contributed by atoms with Crippen molar-refractivity contribution in [1.29, 1.82) is 0 Å². The van der Waals surface area contributed by atoms with Crippen LogP contribution in [0.15, 0.2) is 53.1 Å². The number of carbonyl (C=O) groups excluding carboxylic acids is 2. The third-order valence-corrected chi connectivity index (χ3v) is 5.79. The van der Waals surface area contributed by atoms with Gasteiger partial charge in [-0.2, -0.15) is 0 Å². The Morgan fingerprint density at radius 3 is 2.78 bits per heavy atom. The fraction of sp³-hybridized carbons (Fsp3) is 0.300. The van der Waals surface area contributed by atoms with Gasteiger partial charge in [-0.25, -0.2) is 4.39 Å². The summed E-state index contributed by atoms with van der Waals surface area (Å²) in [5.41, 5.74) is 0.110. The van der Waals surface area contributed by atoms with Gasteiger partial charge < -0.3 is 14.7 Å². The zero-order valence-electron chi connectivity index (χ0n) is 14.4. The molecule has 1 amide bonds. The Bertz CT molecular complexity index is 902. The molecular formula is C20H18FNO4S. The van der Waals surface area contributed by atoms with Crippen molar-refractivity contribution in [2.45, 2.75) is 25.0 Å². The van der Waals surface area contributed by atoms with Crippen molar-refractivity contribution in [3.8, 4) is 0 Å². The van der Waals surface area contributed by atoms with Crippen LogP contribution in [-0.2, 0) is 9.53 Å². The van der Waals surface area contributed by atoms with Gasteiger partial charge in [0.2, 0.25) is 5.78 Å². The molecule has 4 rings (SSSR count). The number of thiophene rings is 1. The number of Topliss-reactive ketones (excluding diaryl/α,β-unsaturated/α-hetero) is 1. The molecule has 0 radical (unpaired) electrons. The van der Waals surface area contributed by atoms with Crippen molar-refractivity contribution in [1.82, 2.24) is 4.90 Å². The highest BCUT2D eigenvalue weighted by Crippen LogP contribution is 2.40. The molecule has 2 aliphatic heterocycles. The molecule has 2 aromatic rings. The molecule has 3 heterocycles. The Balaban J connectivity index is 1.78. The molecule has 0 bridgehead atoms. The number of hydrogen-bond donors (Lipinski definition) is 1. The van der Waals surface area contributed by atoms with Crippen LogP contribution in [0.1, 0.15) is 34.1 Å². The van der Waals surface area contributed by atoms with Crippen molar-refractivity contribution in [2.75, 3.05) is 13.2 Å². The van der Waals surface area contributed by atoms with E-state index in [1.54, 1.807) is 29.6 Å². The minimum Gasteiger partial charge on any atom is -0.503 e. The van der Waals surface area contributed by atoms with Crippen LogP contribution >= 0.6 is 11.3 Å². The normalized spacial score (nSPS) is 22.7. The second-order valence-electron chi connectivity index (χ2n) is 6.59. The van der Waals surface area contributed by atoms with Crippen molar-refractivity contribution in [2.24, 2.45) is 0 Å². The van der Waals surface area contributed by atoms with Crippen LogP contribution in [0.4, 0.5) is 4.39 Å². The Morgan fingerprint density at radius 1 is 1.30 bits per heavy atom. The monoisotopic (exact) mass is 387 g/mol. The summed E-state index contributed by atoms with van der Waals surface area (Å²) in [6.45, 7) is 0.806. The molecular weight excluding hydrogens is 369 g/mol. The summed E-state index contributed by atoms with van der Waals surface area (Å²) in [4.78, 5) is 27.5. The molecule has 7 heteroatoms. The summed E-state index contributed by atoms with van der Waals surface area (Å²) in [7, 11) is 0. The van der Waals surface area contributed by atoms with E-state index in [-0.39, 0.29) is 23.8 Å². The first-order valence-electron chi connectivity index (χ1n) is 8.76. The summed E-state index contributed by atoms with van der Waals surface area (Å²) in [5, 5.41) is 12.2. The summed E-state index contributed by atoms with van der Waals surface area (Å²) >= 11 is 1.21. The van der Waals surface area contributed by atoms with Gasteiger partial charge in [0.05, 0.1) is 22.6 Å². The first-order valence-corrected chi connectivity index (χ1v) is 9.64. The number of benzene rings is 1. The molecule has 1 N–H and O–H groups in total. The fourth-order valence-corrected chi connectivity index (χ4v) is 4.32. The van der Waals surface area contributed by atoms with Crippen LogP contribution in [0.3, 0.4) is 0 Å². The van der Waals surface area contributed by atoms with Crippen molar-refractivity contribution >= 4 is 23.0 Å². The van der Waals surface area contributed by atoms with Gasteiger partial charge in [-0.05, 0) is 30.4 Å². The number of ether oxygens (including phenoxy) is 1. The molecule has 0 saturated carbocycles. The molecule has 140 valence electrons. The third-order valence-electron chi connectivity index (χ3n) is 4.92. The Hall–Kier alpha value is -2.51. The van der Waals surface area contributed by atoms with Crippen molar-refractivity contribution in [3.63, 3.8) is 0 Å². The van der Waals surface area contributed by atoms with Crippen LogP contribution in [0.5, 0.6) is 0 Å². The van der Waals surface area contributed by atoms with E-state index < -0.39 is 29.3 Å². The lowest BCUT2D eigenvalue weighted by Crippen LogP contribution is -2.37. The molecule has 0 aliphatic carbocycles. The first-order chi connectivity index (χ1) is 13.1. The highest BCUT2D eigenvalue weighted by atomic mass is 32.1. The SMILES string of the molecule is O=C(C1=C(O)C(=O)N(CC2CCCO2)C1c1ccccc1F)c1cccs1. The van der Waals surface area contributed by atoms with E-state index in [1.807, 2.05) is 0 Å². The minimum absolute atomic E-state index is 0.0782. The molecule has 1 aromatic heterocycles. The van der Waals surface area contributed by atoms with Gasteiger partial charge in [0, 0.05) is 18.7 Å². The van der Waals surface area contributed by atoms with Crippen LogP contribution in [-0.4, -0.2) is 41.0 Å². The minimum atomic E-state index is -0.975. The summed E-state index contributed by atoms with van der Waals surface area (Å²) < 4.78 is 20.2. The highest BCUT2D eigenvalue weighted by Gasteiger charge is 2.45. The topological polar surface area (TPSA) is 66.8 Å². The fourth-order valence-electron chi connectivity index (χ4n) is 3.64. The second kappa shape index (κ2) is 7.25. The average Bonchev–Trinajstić information content (AvgIpc) is 3.40. The average molecular weight is 387 g/mol. The first kappa shape index (κ1) is 17.9. The van der Waals surface area contributed by atoms with Gasteiger partial charge in [-0.1, -0.05) is 24.3 Å². The molecule has 2 atom stereocenters. The lowest BCUT2D eigenvalue weighted by molar-refractivity contribution is -0.131. The predicted octanol–water partition coefficient (Wildman–Crippen LogP) is 3.64. The van der Waals surface area contributed by atoms with E-state index in [0.29, 0.717) is 11.5 Å². The Kier molecular flexibility index (Phi) is 4.80.